The third-order valence-corrected chi connectivity index (χ3v) is 5.27. The van der Waals surface area contributed by atoms with Gasteiger partial charge in [-0.3, -0.25) is 4.21 Å². The predicted molar refractivity (Wildman–Crippen MR) is 82.0 cm³/mol. The fourth-order valence-corrected chi connectivity index (χ4v) is 4.05. The van der Waals surface area contributed by atoms with Gasteiger partial charge in [0.25, 0.3) is 0 Å². The number of aryl methyl sites for hydroxylation is 2. The van der Waals surface area contributed by atoms with Gasteiger partial charge in [-0.1, -0.05) is 30.3 Å². The van der Waals surface area contributed by atoms with Crippen LogP contribution in [-0.4, -0.2) is 15.3 Å². The molecule has 2 aromatic carbocycles. The van der Waals surface area contributed by atoms with Crippen molar-refractivity contribution in [3.8, 4) is 0 Å². The van der Waals surface area contributed by atoms with E-state index >= 15 is 0 Å². The molecule has 0 aromatic heterocycles. The number of carbonyl (C=O) groups is 1. The Labute approximate surface area is 126 Å². The van der Waals surface area contributed by atoms with Crippen molar-refractivity contribution in [3.05, 3.63) is 64.7 Å². The van der Waals surface area contributed by atoms with E-state index in [9.17, 15) is 14.1 Å². The second-order valence-electron chi connectivity index (χ2n) is 5.25. The lowest BCUT2D eigenvalue weighted by Crippen LogP contribution is -2.06. The van der Waals surface area contributed by atoms with Gasteiger partial charge in [0.05, 0.1) is 27.0 Å². The average molecular weight is 300 g/mol. The first-order valence-electron chi connectivity index (χ1n) is 6.96. The van der Waals surface area contributed by atoms with Crippen LogP contribution in [0.3, 0.4) is 0 Å². The van der Waals surface area contributed by atoms with Gasteiger partial charge in [0.2, 0.25) is 0 Å². The third-order valence-electron chi connectivity index (χ3n) is 3.82. The van der Waals surface area contributed by atoms with E-state index in [-0.39, 0.29) is 5.56 Å². The molecule has 1 aliphatic carbocycles. The minimum atomic E-state index is -1.34. The molecule has 108 valence electrons. The van der Waals surface area contributed by atoms with Crippen LogP contribution in [0.5, 0.6) is 0 Å². The summed E-state index contributed by atoms with van der Waals surface area (Å²) in [6.07, 6.45) is 3.39. The van der Waals surface area contributed by atoms with Crippen molar-refractivity contribution in [1.82, 2.24) is 0 Å². The number of carboxylic acid groups (broad SMARTS) is 1. The standard InChI is InChI=1S/C17H16O3S/c18-17(19)15-6-1-2-7-16(15)21(20)11-12-8-9-13-4-3-5-14(13)10-12/h1-2,6-10H,3-5,11H2,(H,18,19). The van der Waals surface area contributed by atoms with Crippen LogP contribution in [0.2, 0.25) is 0 Å². The highest BCUT2D eigenvalue weighted by Crippen LogP contribution is 2.24. The topological polar surface area (TPSA) is 54.4 Å². The van der Waals surface area contributed by atoms with Crippen LogP contribution in [0.1, 0.15) is 33.5 Å². The molecule has 1 aliphatic rings. The smallest absolute Gasteiger partial charge is 0.336 e. The van der Waals surface area contributed by atoms with Crippen molar-refractivity contribution < 1.29 is 14.1 Å². The number of fused-ring (bicyclic) bond motifs is 1. The lowest BCUT2D eigenvalue weighted by molar-refractivity contribution is 0.0693. The van der Waals surface area contributed by atoms with Crippen molar-refractivity contribution in [2.75, 3.05) is 0 Å². The summed E-state index contributed by atoms with van der Waals surface area (Å²) in [6, 6.07) is 12.7. The Hall–Kier alpha value is -1.94. The van der Waals surface area contributed by atoms with E-state index in [2.05, 4.69) is 12.1 Å². The molecule has 0 spiro atoms. The molecule has 1 N–H and O–H groups in total. The molecular weight excluding hydrogens is 284 g/mol. The summed E-state index contributed by atoms with van der Waals surface area (Å²) in [5.41, 5.74) is 3.86. The summed E-state index contributed by atoms with van der Waals surface area (Å²) < 4.78 is 12.5. The quantitative estimate of drug-likeness (QED) is 0.943. The number of aromatic carboxylic acids is 1. The number of hydrogen-bond donors (Lipinski definition) is 1. The van der Waals surface area contributed by atoms with Gasteiger partial charge in [-0.2, -0.15) is 0 Å². The highest BCUT2D eigenvalue weighted by Gasteiger charge is 2.16. The molecule has 2 aromatic rings. The zero-order valence-electron chi connectivity index (χ0n) is 11.5. The number of rotatable bonds is 4. The summed E-state index contributed by atoms with van der Waals surface area (Å²) in [4.78, 5) is 11.6. The first-order valence-corrected chi connectivity index (χ1v) is 8.28. The summed E-state index contributed by atoms with van der Waals surface area (Å²) >= 11 is 0. The first-order chi connectivity index (χ1) is 10.1. The molecule has 0 bridgehead atoms. The van der Waals surface area contributed by atoms with Gasteiger partial charge >= 0.3 is 5.97 Å². The highest BCUT2D eigenvalue weighted by molar-refractivity contribution is 7.84. The van der Waals surface area contributed by atoms with Crippen molar-refractivity contribution in [1.29, 1.82) is 0 Å². The van der Waals surface area contributed by atoms with Crippen LogP contribution in [-0.2, 0) is 29.4 Å². The lowest BCUT2D eigenvalue weighted by atomic mass is 10.1. The van der Waals surface area contributed by atoms with Crippen molar-refractivity contribution in [3.63, 3.8) is 0 Å². The highest BCUT2D eigenvalue weighted by atomic mass is 32.2. The number of hydrogen-bond acceptors (Lipinski definition) is 2. The summed E-state index contributed by atoms with van der Waals surface area (Å²) in [5.74, 6) is -0.676. The number of benzene rings is 2. The van der Waals surface area contributed by atoms with Gasteiger partial charge < -0.3 is 5.11 Å². The molecule has 1 atom stereocenters. The molecule has 4 heteroatoms. The maximum atomic E-state index is 12.5. The molecule has 0 saturated carbocycles. The van der Waals surface area contributed by atoms with E-state index in [0.29, 0.717) is 10.6 Å². The first kappa shape index (κ1) is 14.0. The Morgan fingerprint density at radius 3 is 2.67 bits per heavy atom. The van der Waals surface area contributed by atoms with E-state index < -0.39 is 16.8 Å². The molecule has 1 unspecified atom stereocenters. The molecule has 0 fully saturated rings. The second-order valence-corrected chi connectivity index (χ2v) is 6.67. The summed E-state index contributed by atoms with van der Waals surface area (Å²) in [7, 11) is -1.34. The fraction of sp³-hybridized carbons (Fsp3) is 0.235. The molecule has 21 heavy (non-hydrogen) atoms. The van der Waals surface area contributed by atoms with Crippen LogP contribution in [0.25, 0.3) is 0 Å². The van der Waals surface area contributed by atoms with E-state index in [4.69, 9.17) is 0 Å². The Kier molecular flexibility index (Phi) is 3.88. The van der Waals surface area contributed by atoms with Gasteiger partial charge in [0.15, 0.2) is 0 Å². The Balaban J connectivity index is 1.85. The molecule has 3 rings (SSSR count). The monoisotopic (exact) mass is 300 g/mol. The zero-order chi connectivity index (χ0) is 14.8. The van der Waals surface area contributed by atoms with Crippen LogP contribution >= 0.6 is 0 Å². The Bertz CT molecular complexity index is 722. The molecule has 0 heterocycles. The van der Waals surface area contributed by atoms with Crippen molar-refractivity contribution >= 4 is 16.8 Å². The maximum Gasteiger partial charge on any atom is 0.336 e. The molecule has 0 amide bonds. The SMILES string of the molecule is O=C(O)c1ccccc1S(=O)Cc1ccc2c(c1)CCC2. The Morgan fingerprint density at radius 1 is 1.10 bits per heavy atom. The van der Waals surface area contributed by atoms with Crippen LogP contribution in [0.4, 0.5) is 0 Å². The van der Waals surface area contributed by atoms with Crippen LogP contribution < -0.4 is 0 Å². The largest absolute Gasteiger partial charge is 0.478 e. The summed E-state index contributed by atoms with van der Waals surface area (Å²) in [5, 5.41) is 9.17. The molecular formula is C17H16O3S. The minimum absolute atomic E-state index is 0.122. The fourth-order valence-electron chi connectivity index (χ4n) is 2.79. The van der Waals surface area contributed by atoms with Gasteiger partial charge in [-0.25, -0.2) is 4.79 Å². The van der Waals surface area contributed by atoms with Gasteiger partial charge in [0.1, 0.15) is 0 Å². The Morgan fingerprint density at radius 2 is 1.86 bits per heavy atom. The van der Waals surface area contributed by atoms with Crippen molar-refractivity contribution in [2.24, 2.45) is 0 Å². The van der Waals surface area contributed by atoms with E-state index in [1.54, 1.807) is 18.2 Å². The summed E-state index contributed by atoms with van der Waals surface area (Å²) in [6.45, 7) is 0. The molecule has 3 nitrogen and oxygen atoms in total. The zero-order valence-corrected chi connectivity index (χ0v) is 12.4. The second kappa shape index (κ2) is 5.82. The molecule has 0 radical (unpaired) electrons. The van der Waals surface area contributed by atoms with Gasteiger partial charge in [-0.05, 0) is 48.1 Å². The van der Waals surface area contributed by atoms with E-state index in [1.165, 1.54) is 23.6 Å². The molecule has 0 aliphatic heterocycles. The number of carboxylic acids is 1. The van der Waals surface area contributed by atoms with Crippen LogP contribution in [0, 0.1) is 0 Å². The molecule has 0 saturated heterocycles. The lowest BCUT2D eigenvalue weighted by Gasteiger charge is -2.08. The average Bonchev–Trinajstić information content (AvgIpc) is 2.94. The van der Waals surface area contributed by atoms with E-state index in [0.717, 1.165) is 18.4 Å². The van der Waals surface area contributed by atoms with Gasteiger partial charge in [0, 0.05) is 0 Å². The maximum absolute atomic E-state index is 12.5. The van der Waals surface area contributed by atoms with E-state index in [1.807, 2.05) is 6.07 Å². The normalized spacial score (nSPS) is 14.7. The van der Waals surface area contributed by atoms with Gasteiger partial charge in [-0.15, -0.1) is 0 Å². The third kappa shape index (κ3) is 2.90. The predicted octanol–water partition coefficient (Wildman–Crippen LogP) is 3.18. The van der Waals surface area contributed by atoms with Crippen molar-refractivity contribution in [2.45, 2.75) is 29.9 Å². The minimum Gasteiger partial charge on any atom is -0.478 e. The van der Waals surface area contributed by atoms with Crippen LogP contribution in [0.15, 0.2) is 47.4 Å².